The molecule has 0 aromatic carbocycles. The zero-order chi connectivity index (χ0) is 19.8. The second-order valence-electron chi connectivity index (χ2n) is 5.72. The summed E-state index contributed by atoms with van der Waals surface area (Å²) in [7, 11) is 1.30. The van der Waals surface area contributed by atoms with Crippen LogP contribution >= 0.6 is 45.6 Å². The molecule has 0 spiro atoms. The number of hydrogen-bond acceptors (Lipinski definition) is 8. The minimum Gasteiger partial charge on any atom is -0.465 e. The molecule has 28 heavy (non-hydrogen) atoms. The number of H-pyrrole nitrogens is 1. The average Bonchev–Trinajstić information content (AvgIpc) is 3.41. The largest absolute Gasteiger partial charge is 0.465 e. The summed E-state index contributed by atoms with van der Waals surface area (Å²) in [6.07, 6.45) is 1.65. The summed E-state index contributed by atoms with van der Waals surface area (Å²) in [4.78, 5) is 36.8. The average molecular weight is 450 g/mol. The third-order valence-corrected chi connectivity index (χ3v) is 7.01. The van der Waals surface area contributed by atoms with E-state index in [2.05, 4.69) is 15.0 Å². The number of fused-ring (bicyclic) bond motifs is 1. The van der Waals surface area contributed by atoms with E-state index < -0.39 is 5.97 Å². The Morgan fingerprint density at radius 2 is 2.14 bits per heavy atom. The second-order valence-corrected chi connectivity index (χ2v) is 8.77. The van der Waals surface area contributed by atoms with E-state index in [1.54, 1.807) is 24.3 Å². The van der Waals surface area contributed by atoms with Crippen LogP contribution in [0.1, 0.15) is 26.8 Å². The Morgan fingerprint density at radius 3 is 2.86 bits per heavy atom. The Balaban J connectivity index is 1.73. The number of esters is 1. The highest BCUT2D eigenvalue weighted by Crippen LogP contribution is 2.30. The van der Waals surface area contributed by atoms with Gasteiger partial charge in [-0.15, -0.1) is 22.7 Å². The number of thiazole rings is 1. The summed E-state index contributed by atoms with van der Waals surface area (Å²) in [5.74, 6) is -0.270. The summed E-state index contributed by atoms with van der Waals surface area (Å²) in [5, 5.41) is 7.42. The number of aromatic amines is 1. The van der Waals surface area contributed by atoms with Crippen LogP contribution in [0.15, 0.2) is 27.0 Å². The molecule has 4 heterocycles. The van der Waals surface area contributed by atoms with Crippen molar-refractivity contribution in [3.8, 4) is 10.6 Å². The van der Waals surface area contributed by atoms with E-state index in [-0.39, 0.29) is 16.4 Å². The topological polar surface area (TPSA) is 84.9 Å². The molecule has 0 atom stereocenters. The Bertz CT molecular complexity index is 1270. The molecule has 0 amide bonds. The van der Waals surface area contributed by atoms with E-state index in [4.69, 9.17) is 16.3 Å². The van der Waals surface area contributed by atoms with Crippen LogP contribution in [0.4, 0.5) is 0 Å². The minimum absolute atomic E-state index is 0.224. The van der Waals surface area contributed by atoms with E-state index in [0.29, 0.717) is 26.4 Å². The first-order valence-electron chi connectivity index (χ1n) is 7.95. The molecule has 6 nitrogen and oxygen atoms in total. The SMILES string of the molecule is COC(=O)c1sc2nc(C(Cl)=Cc3csc(-c4ccsc4)n3)[nH]c(=O)c2c1C. The maximum Gasteiger partial charge on any atom is 0.348 e. The van der Waals surface area contributed by atoms with Gasteiger partial charge in [0, 0.05) is 16.3 Å². The van der Waals surface area contributed by atoms with E-state index in [1.165, 1.54) is 18.4 Å². The zero-order valence-electron chi connectivity index (χ0n) is 14.6. The standard InChI is InChI=1S/C18H12ClN3O3S3/c1-8-12-15(23)21-14(22-17(12)28-13(8)18(24)25-2)11(19)5-10-7-27-16(20-10)9-3-4-26-6-9/h3-7H,1-2H3,(H,21,22,23). The molecule has 0 unspecified atom stereocenters. The van der Waals surface area contributed by atoms with Crippen LogP contribution < -0.4 is 5.56 Å². The number of thiophene rings is 2. The maximum absolute atomic E-state index is 12.5. The first-order valence-corrected chi connectivity index (χ1v) is 11.0. The Morgan fingerprint density at radius 1 is 1.32 bits per heavy atom. The van der Waals surface area contributed by atoms with Crippen molar-refractivity contribution < 1.29 is 9.53 Å². The highest BCUT2D eigenvalue weighted by molar-refractivity contribution is 7.20. The molecule has 4 aromatic heterocycles. The molecule has 142 valence electrons. The first kappa shape index (κ1) is 19.0. The molecule has 4 rings (SSSR count). The molecule has 4 aromatic rings. The van der Waals surface area contributed by atoms with Gasteiger partial charge in [-0.25, -0.2) is 14.8 Å². The number of halogens is 1. The van der Waals surface area contributed by atoms with Gasteiger partial charge < -0.3 is 9.72 Å². The molecule has 0 bridgehead atoms. The van der Waals surface area contributed by atoms with E-state index in [0.717, 1.165) is 21.9 Å². The number of methoxy groups -OCH3 is 1. The number of nitrogens with one attached hydrogen (secondary N) is 1. The van der Waals surface area contributed by atoms with Crippen molar-refractivity contribution in [2.45, 2.75) is 6.92 Å². The number of ether oxygens (including phenoxy) is 1. The van der Waals surface area contributed by atoms with Crippen LogP contribution in [0.2, 0.25) is 0 Å². The molecular formula is C18H12ClN3O3S3. The first-order chi connectivity index (χ1) is 13.5. The van der Waals surface area contributed by atoms with Gasteiger partial charge in [-0.1, -0.05) is 11.6 Å². The van der Waals surface area contributed by atoms with Crippen LogP contribution in [-0.2, 0) is 4.74 Å². The minimum atomic E-state index is -0.494. The monoisotopic (exact) mass is 449 g/mol. The molecule has 0 saturated carbocycles. The van der Waals surface area contributed by atoms with Crippen LogP contribution in [0.3, 0.4) is 0 Å². The van der Waals surface area contributed by atoms with Gasteiger partial charge in [0.2, 0.25) is 0 Å². The molecule has 0 aliphatic rings. The second kappa shape index (κ2) is 7.59. The summed E-state index contributed by atoms with van der Waals surface area (Å²) in [6.45, 7) is 1.69. The number of nitrogens with zero attached hydrogens (tertiary/aromatic N) is 2. The number of aromatic nitrogens is 3. The van der Waals surface area contributed by atoms with Crippen LogP contribution in [-0.4, -0.2) is 28.0 Å². The van der Waals surface area contributed by atoms with Gasteiger partial charge in [-0.2, -0.15) is 11.3 Å². The Kier molecular flexibility index (Phi) is 5.15. The molecule has 1 N–H and O–H groups in total. The lowest BCUT2D eigenvalue weighted by Gasteiger charge is -1.99. The Labute approximate surface area is 176 Å². The third kappa shape index (κ3) is 3.42. The number of rotatable bonds is 4. The smallest absolute Gasteiger partial charge is 0.348 e. The van der Waals surface area contributed by atoms with Gasteiger partial charge in [-0.3, -0.25) is 4.79 Å². The zero-order valence-corrected chi connectivity index (χ0v) is 17.8. The molecule has 0 aliphatic carbocycles. The number of carbonyl (C=O) groups excluding carboxylic acids is 1. The maximum atomic E-state index is 12.5. The molecule has 0 aliphatic heterocycles. The normalized spacial score (nSPS) is 11.9. The van der Waals surface area contributed by atoms with Crippen molar-refractivity contribution in [2.75, 3.05) is 7.11 Å². The molecular weight excluding hydrogens is 438 g/mol. The molecule has 0 saturated heterocycles. The van der Waals surface area contributed by atoms with Crippen molar-refractivity contribution in [1.29, 1.82) is 0 Å². The highest BCUT2D eigenvalue weighted by atomic mass is 35.5. The van der Waals surface area contributed by atoms with Crippen LogP contribution in [0, 0.1) is 6.92 Å². The van der Waals surface area contributed by atoms with Crippen molar-refractivity contribution in [3.05, 3.63) is 54.5 Å². The molecule has 10 heteroatoms. The predicted octanol–water partition coefficient (Wildman–Crippen LogP) is 5.00. The van der Waals surface area contributed by atoms with E-state index in [9.17, 15) is 9.59 Å². The van der Waals surface area contributed by atoms with Gasteiger partial charge in [0.25, 0.3) is 5.56 Å². The summed E-state index contributed by atoms with van der Waals surface area (Å²) in [6, 6.07) is 2.00. The summed E-state index contributed by atoms with van der Waals surface area (Å²) >= 11 is 10.6. The van der Waals surface area contributed by atoms with Gasteiger partial charge >= 0.3 is 5.97 Å². The summed E-state index contributed by atoms with van der Waals surface area (Å²) in [5.41, 5.74) is 1.93. The Hall–Kier alpha value is -2.33. The van der Waals surface area contributed by atoms with Crippen molar-refractivity contribution in [2.24, 2.45) is 0 Å². The quantitative estimate of drug-likeness (QED) is 0.443. The molecule has 0 radical (unpaired) electrons. The lowest BCUT2D eigenvalue weighted by atomic mass is 10.2. The van der Waals surface area contributed by atoms with Crippen molar-refractivity contribution >= 4 is 72.9 Å². The van der Waals surface area contributed by atoms with E-state index in [1.807, 2.05) is 22.2 Å². The fourth-order valence-corrected chi connectivity index (χ4v) is 5.40. The fraction of sp³-hybridized carbons (Fsp3) is 0.111. The van der Waals surface area contributed by atoms with Crippen LogP contribution in [0.5, 0.6) is 0 Å². The number of hydrogen-bond donors (Lipinski definition) is 1. The van der Waals surface area contributed by atoms with Gasteiger partial charge in [0.15, 0.2) is 5.82 Å². The summed E-state index contributed by atoms with van der Waals surface area (Å²) < 4.78 is 4.76. The van der Waals surface area contributed by atoms with Gasteiger partial charge in [0.05, 0.1) is 23.2 Å². The number of carbonyl (C=O) groups is 1. The van der Waals surface area contributed by atoms with Gasteiger partial charge in [0.1, 0.15) is 14.7 Å². The molecule has 0 fully saturated rings. The lowest BCUT2D eigenvalue weighted by molar-refractivity contribution is 0.0605. The predicted molar refractivity (Wildman–Crippen MR) is 115 cm³/mol. The van der Waals surface area contributed by atoms with Crippen LogP contribution in [0.25, 0.3) is 31.9 Å². The van der Waals surface area contributed by atoms with E-state index >= 15 is 0 Å². The number of aryl methyl sites for hydroxylation is 1. The highest BCUT2D eigenvalue weighted by Gasteiger charge is 2.20. The fourth-order valence-electron chi connectivity index (χ4n) is 2.61. The van der Waals surface area contributed by atoms with Gasteiger partial charge in [-0.05, 0) is 30.0 Å². The van der Waals surface area contributed by atoms with Crippen molar-refractivity contribution in [3.63, 3.8) is 0 Å². The third-order valence-electron chi connectivity index (χ3n) is 3.96. The van der Waals surface area contributed by atoms with Crippen molar-refractivity contribution in [1.82, 2.24) is 15.0 Å². The lowest BCUT2D eigenvalue weighted by Crippen LogP contribution is -2.10.